The van der Waals surface area contributed by atoms with Crippen molar-refractivity contribution in [2.75, 3.05) is 5.75 Å². The van der Waals surface area contributed by atoms with Crippen molar-refractivity contribution < 1.29 is 9.21 Å². The zero-order valence-corrected chi connectivity index (χ0v) is 19.1. The molecule has 4 aromatic rings. The highest BCUT2D eigenvalue weighted by Crippen LogP contribution is 2.34. The molecule has 1 aliphatic rings. The van der Waals surface area contributed by atoms with Crippen molar-refractivity contribution in [2.24, 2.45) is 5.10 Å². The van der Waals surface area contributed by atoms with Crippen LogP contribution in [-0.2, 0) is 11.3 Å². The Labute approximate surface area is 196 Å². The van der Waals surface area contributed by atoms with Crippen LogP contribution >= 0.6 is 34.7 Å². The molecule has 1 unspecified atom stereocenters. The topological polar surface area (TPSA) is 89.4 Å². The molecule has 0 N–H and O–H groups in total. The fraction of sp³-hybridized carbons (Fsp3) is 0.190. The second-order valence-electron chi connectivity index (χ2n) is 7.01. The molecule has 1 aliphatic heterocycles. The molecule has 0 bridgehead atoms. The lowest BCUT2D eigenvalue weighted by Crippen LogP contribution is -2.28. The Morgan fingerprint density at radius 1 is 1.22 bits per heavy atom. The lowest BCUT2D eigenvalue weighted by Gasteiger charge is -2.19. The van der Waals surface area contributed by atoms with E-state index in [2.05, 4.69) is 20.6 Å². The number of rotatable bonds is 7. The van der Waals surface area contributed by atoms with Gasteiger partial charge in [0.2, 0.25) is 5.16 Å². The number of thiophene rings is 1. The highest BCUT2D eigenvalue weighted by atomic mass is 35.5. The van der Waals surface area contributed by atoms with Crippen molar-refractivity contribution in [1.29, 1.82) is 0 Å². The fourth-order valence-electron chi connectivity index (χ4n) is 3.40. The van der Waals surface area contributed by atoms with Crippen LogP contribution < -0.4 is 0 Å². The van der Waals surface area contributed by atoms with Crippen LogP contribution in [0.2, 0.25) is 5.02 Å². The van der Waals surface area contributed by atoms with Gasteiger partial charge in [-0.1, -0.05) is 41.6 Å². The van der Waals surface area contributed by atoms with Gasteiger partial charge in [-0.3, -0.25) is 4.79 Å². The number of carbonyl (C=O) groups excluding carboxylic acids is 1. The summed E-state index contributed by atoms with van der Waals surface area (Å²) >= 11 is 8.94. The van der Waals surface area contributed by atoms with E-state index in [1.54, 1.807) is 22.3 Å². The maximum atomic E-state index is 13.2. The molecule has 0 saturated carbocycles. The van der Waals surface area contributed by atoms with Gasteiger partial charge >= 0.3 is 0 Å². The molecule has 1 amide bonds. The maximum Gasteiger partial charge on any atom is 0.253 e. The number of hydrazone groups is 1. The van der Waals surface area contributed by atoms with Crippen LogP contribution in [0.4, 0.5) is 0 Å². The molecule has 1 atom stereocenters. The lowest BCUT2D eigenvalue weighted by molar-refractivity contribution is -0.130. The molecule has 3 aromatic heterocycles. The third-order valence-electron chi connectivity index (χ3n) is 4.92. The largest absolute Gasteiger partial charge is 0.467 e. The average molecular weight is 485 g/mol. The van der Waals surface area contributed by atoms with Gasteiger partial charge in [0.05, 0.1) is 24.3 Å². The normalized spacial score (nSPS) is 15.8. The van der Waals surface area contributed by atoms with Gasteiger partial charge < -0.3 is 4.42 Å². The molecule has 0 spiro atoms. The Morgan fingerprint density at radius 3 is 2.84 bits per heavy atom. The summed E-state index contributed by atoms with van der Waals surface area (Å²) in [5.41, 5.74) is 1.73. The van der Waals surface area contributed by atoms with Crippen molar-refractivity contribution in [3.8, 4) is 0 Å². The standard InChI is InChI=1S/C21H17ClN6O2S2/c22-15-7-5-14(6-8-15)17-11-18(19-4-1-9-30-19)28(24-17)20(29)13-32-21-23-25-26-27(21)12-16-3-2-10-31-16/h1-10,18H,11-13H2. The number of hydrogen-bond donors (Lipinski definition) is 0. The van der Waals surface area contributed by atoms with Gasteiger partial charge in [-0.25, -0.2) is 9.69 Å². The predicted octanol–water partition coefficient (Wildman–Crippen LogP) is 4.50. The van der Waals surface area contributed by atoms with E-state index < -0.39 is 0 Å². The molecular formula is C21H17ClN6O2S2. The number of furan rings is 1. The molecule has 5 rings (SSSR count). The van der Waals surface area contributed by atoms with E-state index in [0.29, 0.717) is 28.9 Å². The Morgan fingerprint density at radius 2 is 2.09 bits per heavy atom. The van der Waals surface area contributed by atoms with Crippen LogP contribution in [0.15, 0.2) is 74.8 Å². The molecule has 162 valence electrons. The summed E-state index contributed by atoms with van der Waals surface area (Å²) in [5, 5.41) is 21.3. The minimum Gasteiger partial charge on any atom is -0.467 e. The zero-order valence-electron chi connectivity index (χ0n) is 16.7. The van der Waals surface area contributed by atoms with Gasteiger partial charge in [-0.15, -0.1) is 16.4 Å². The smallest absolute Gasteiger partial charge is 0.253 e. The van der Waals surface area contributed by atoms with Crippen molar-refractivity contribution >= 4 is 46.3 Å². The first-order chi connectivity index (χ1) is 15.7. The zero-order chi connectivity index (χ0) is 21.9. The van der Waals surface area contributed by atoms with E-state index in [-0.39, 0.29) is 17.7 Å². The lowest BCUT2D eigenvalue weighted by atomic mass is 10.0. The van der Waals surface area contributed by atoms with E-state index in [1.165, 1.54) is 16.8 Å². The third kappa shape index (κ3) is 4.47. The number of halogens is 1. The minimum atomic E-state index is -0.300. The highest BCUT2D eigenvalue weighted by molar-refractivity contribution is 7.99. The van der Waals surface area contributed by atoms with Gasteiger partial charge in [0.25, 0.3) is 5.91 Å². The summed E-state index contributed by atoms with van der Waals surface area (Å²) in [5.74, 6) is 0.698. The molecule has 0 fully saturated rings. The molecule has 1 aromatic carbocycles. The first kappa shape index (κ1) is 20.9. The number of tetrazole rings is 1. The summed E-state index contributed by atoms with van der Waals surface area (Å²) in [6.45, 7) is 0.568. The van der Waals surface area contributed by atoms with Crippen molar-refractivity contribution in [2.45, 2.75) is 24.2 Å². The molecule has 11 heteroatoms. The molecule has 0 radical (unpaired) electrons. The first-order valence-electron chi connectivity index (χ1n) is 9.77. The molecule has 8 nitrogen and oxygen atoms in total. The number of thioether (sulfide) groups is 1. The van der Waals surface area contributed by atoms with E-state index in [4.69, 9.17) is 16.0 Å². The van der Waals surface area contributed by atoms with Gasteiger partial charge in [-0.2, -0.15) is 5.10 Å². The number of hydrogen-bond acceptors (Lipinski definition) is 8. The Hall–Kier alpha value is -2.95. The summed E-state index contributed by atoms with van der Waals surface area (Å²) < 4.78 is 7.29. The summed E-state index contributed by atoms with van der Waals surface area (Å²) in [6, 6.07) is 14.8. The predicted molar refractivity (Wildman–Crippen MR) is 123 cm³/mol. The van der Waals surface area contributed by atoms with E-state index >= 15 is 0 Å². The number of aromatic nitrogens is 4. The van der Waals surface area contributed by atoms with Crippen molar-refractivity contribution in [1.82, 2.24) is 25.2 Å². The van der Waals surface area contributed by atoms with Crippen LogP contribution in [0.3, 0.4) is 0 Å². The van der Waals surface area contributed by atoms with Crippen LogP contribution in [0.25, 0.3) is 0 Å². The second kappa shape index (κ2) is 9.27. The van der Waals surface area contributed by atoms with E-state index in [1.807, 2.05) is 53.9 Å². The Bertz CT molecular complexity index is 1220. The minimum absolute atomic E-state index is 0.147. The number of amides is 1. The fourth-order valence-corrected chi connectivity index (χ4v) is 4.94. The van der Waals surface area contributed by atoms with Crippen molar-refractivity contribution in [3.63, 3.8) is 0 Å². The third-order valence-corrected chi connectivity index (χ3v) is 6.98. The molecule has 4 heterocycles. The maximum absolute atomic E-state index is 13.2. The second-order valence-corrected chi connectivity index (χ2v) is 9.43. The number of benzene rings is 1. The average Bonchev–Trinajstić information content (AvgIpc) is 3.60. The first-order valence-corrected chi connectivity index (χ1v) is 12.0. The Kier molecular flexibility index (Phi) is 6.06. The van der Waals surface area contributed by atoms with Gasteiger partial charge in [0.1, 0.15) is 11.8 Å². The Balaban J connectivity index is 1.33. The molecule has 0 aliphatic carbocycles. The number of nitrogens with zero attached hydrogens (tertiary/aromatic N) is 6. The molecular weight excluding hydrogens is 468 g/mol. The van der Waals surface area contributed by atoms with Gasteiger partial charge in [0.15, 0.2) is 0 Å². The summed E-state index contributed by atoms with van der Waals surface area (Å²) in [6.07, 6.45) is 2.16. The summed E-state index contributed by atoms with van der Waals surface area (Å²) in [4.78, 5) is 14.3. The van der Waals surface area contributed by atoms with Gasteiger partial charge in [-0.05, 0) is 51.7 Å². The molecule has 0 saturated heterocycles. The monoisotopic (exact) mass is 484 g/mol. The van der Waals surface area contributed by atoms with Crippen LogP contribution in [0, 0.1) is 0 Å². The van der Waals surface area contributed by atoms with E-state index in [0.717, 1.165) is 16.2 Å². The van der Waals surface area contributed by atoms with E-state index in [9.17, 15) is 4.79 Å². The number of carbonyl (C=O) groups is 1. The van der Waals surface area contributed by atoms with Gasteiger partial charge in [0, 0.05) is 16.3 Å². The molecule has 32 heavy (non-hydrogen) atoms. The van der Waals surface area contributed by atoms with Crippen LogP contribution in [0.5, 0.6) is 0 Å². The summed E-state index contributed by atoms with van der Waals surface area (Å²) in [7, 11) is 0. The van der Waals surface area contributed by atoms with Crippen LogP contribution in [0.1, 0.15) is 28.7 Å². The highest BCUT2D eigenvalue weighted by Gasteiger charge is 2.35. The van der Waals surface area contributed by atoms with Crippen LogP contribution in [-0.4, -0.2) is 42.6 Å². The van der Waals surface area contributed by atoms with Crippen molar-refractivity contribution in [3.05, 3.63) is 81.4 Å². The quantitative estimate of drug-likeness (QED) is 0.359. The SMILES string of the molecule is O=C(CSc1nnnn1Cc1cccs1)N1N=C(c2ccc(Cl)cc2)CC1c1ccco1.